The maximum Gasteiger partial charge on any atom is 0.260 e. The van der Waals surface area contributed by atoms with Crippen molar-refractivity contribution < 1.29 is 14.1 Å². The van der Waals surface area contributed by atoms with Crippen molar-refractivity contribution in [2.75, 3.05) is 5.32 Å². The van der Waals surface area contributed by atoms with Gasteiger partial charge < -0.3 is 14.6 Å². The first-order valence-electron chi connectivity index (χ1n) is 8.86. The van der Waals surface area contributed by atoms with Crippen molar-refractivity contribution >= 4 is 34.2 Å². The summed E-state index contributed by atoms with van der Waals surface area (Å²) in [4.78, 5) is 17.1. The minimum absolute atomic E-state index is 0.185. The van der Waals surface area contributed by atoms with Crippen molar-refractivity contribution in [1.29, 1.82) is 0 Å². The predicted octanol–water partition coefficient (Wildman–Crippen LogP) is 5.17. The molecular weight excluding hydrogens is 481 g/mol. The first-order chi connectivity index (χ1) is 14.2. The number of aromatic nitrogens is 2. The molecule has 0 saturated heterocycles. The second kappa shape index (κ2) is 8.87. The molecule has 6 nitrogen and oxygen atoms in total. The Labute approximate surface area is 181 Å². The van der Waals surface area contributed by atoms with E-state index in [9.17, 15) is 4.79 Å². The average molecular weight is 497 g/mol. The van der Waals surface area contributed by atoms with E-state index in [0.717, 1.165) is 9.32 Å². The van der Waals surface area contributed by atoms with Crippen molar-refractivity contribution in [2.45, 2.75) is 6.61 Å². The lowest BCUT2D eigenvalue weighted by atomic mass is 10.1. The van der Waals surface area contributed by atoms with Crippen molar-refractivity contribution in [3.05, 3.63) is 93.8 Å². The first-order valence-corrected chi connectivity index (χ1v) is 9.94. The molecule has 1 aromatic heterocycles. The zero-order valence-corrected chi connectivity index (χ0v) is 17.4. The number of ether oxygens (including phenoxy) is 1. The molecule has 0 aliphatic heterocycles. The minimum Gasteiger partial charge on any atom is -0.485 e. The molecule has 0 atom stereocenters. The highest BCUT2D eigenvalue weighted by atomic mass is 127. The number of hydrogen-bond acceptors (Lipinski definition) is 5. The summed E-state index contributed by atoms with van der Waals surface area (Å²) in [6, 6.07) is 24.1. The maximum absolute atomic E-state index is 12.7. The summed E-state index contributed by atoms with van der Waals surface area (Å²) in [5.74, 6) is 1.26. The van der Waals surface area contributed by atoms with Crippen LogP contribution in [-0.2, 0) is 6.61 Å². The topological polar surface area (TPSA) is 77.2 Å². The number of anilines is 1. The largest absolute Gasteiger partial charge is 0.485 e. The third kappa shape index (κ3) is 4.62. The molecule has 144 valence electrons. The molecule has 0 bridgehead atoms. The van der Waals surface area contributed by atoms with Crippen LogP contribution in [0.3, 0.4) is 0 Å². The van der Waals surface area contributed by atoms with Crippen molar-refractivity contribution in [2.24, 2.45) is 0 Å². The molecule has 0 spiro atoms. The van der Waals surface area contributed by atoms with Gasteiger partial charge in [-0.05, 0) is 59.0 Å². The van der Waals surface area contributed by atoms with Crippen LogP contribution >= 0.6 is 22.6 Å². The molecule has 0 unspecified atom stereocenters. The molecule has 4 aromatic rings. The number of rotatable bonds is 6. The summed E-state index contributed by atoms with van der Waals surface area (Å²) < 4.78 is 11.9. The zero-order valence-electron chi connectivity index (χ0n) is 15.2. The molecule has 1 amide bonds. The number of benzene rings is 3. The summed E-state index contributed by atoms with van der Waals surface area (Å²) >= 11 is 2.14. The quantitative estimate of drug-likeness (QED) is 0.372. The Hall–Kier alpha value is -3.20. The molecule has 3 aromatic carbocycles. The number of carbonyl (C=O) groups excluding carboxylic acids is 1. The van der Waals surface area contributed by atoms with Crippen LogP contribution in [-0.4, -0.2) is 16.0 Å². The molecule has 0 radical (unpaired) electrons. The van der Waals surface area contributed by atoms with Gasteiger partial charge in [-0.3, -0.25) is 4.79 Å². The highest BCUT2D eigenvalue weighted by Crippen LogP contribution is 2.27. The summed E-state index contributed by atoms with van der Waals surface area (Å²) in [6.45, 7) is 0.185. The molecule has 0 aliphatic carbocycles. The molecule has 7 heteroatoms. The lowest BCUT2D eigenvalue weighted by molar-refractivity contribution is 0.102. The molecule has 0 saturated carbocycles. The Kier molecular flexibility index (Phi) is 5.85. The zero-order chi connectivity index (χ0) is 20.1. The number of hydrogen-bond donors (Lipinski definition) is 1. The fourth-order valence-corrected chi connectivity index (χ4v) is 3.33. The molecule has 1 N–H and O–H groups in total. The molecule has 1 heterocycles. The van der Waals surface area contributed by atoms with Gasteiger partial charge >= 0.3 is 0 Å². The first kappa shape index (κ1) is 19.1. The van der Waals surface area contributed by atoms with Gasteiger partial charge in [-0.2, -0.15) is 4.98 Å². The number of amides is 1. The lowest BCUT2D eigenvalue weighted by Crippen LogP contribution is -2.14. The fraction of sp³-hybridized carbons (Fsp3) is 0.0455. The Morgan fingerprint density at radius 3 is 2.52 bits per heavy atom. The summed E-state index contributed by atoms with van der Waals surface area (Å²) in [6.07, 6.45) is 0. The molecule has 4 rings (SSSR count). The van der Waals surface area contributed by atoms with Crippen molar-refractivity contribution in [3.63, 3.8) is 0 Å². The van der Waals surface area contributed by atoms with E-state index >= 15 is 0 Å². The van der Waals surface area contributed by atoms with E-state index < -0.39 is 0 Å². The number of nitrogens with zero attached hydrogens (tertiary/aromatic N) is 2. The number of carbonyl (C=O) groups is 1. The predicted molar refractivity (Wildman–Crippen MR) is 118 cm³/mol. The minimum atomic E-state index is -0.199. The summed E-state index contributed by atoms with van der Waals surface area (Å²) in [7, 11) is 0. The van der Waals surface area contributed by atoms with Crippen LogP contribution in [0.2, 0.25) is 0 Å². The lowest BCUT2D eigenvalue weighted by Gasteiger charge is -2.09. The van der Waals surface area contributed by atoms with Crippen LogP contribution in [0.5, 0.6) is 5.75 Å². The van der Waals surface area contributed by atoms with Gasteiger partial charge in [0.1, 0.15) is 5.75 Å². The Morgan fingerprint density at radius 2 is 1.69 bits per heavy atom. The molecule has 29 heavy (non-hydrogen) atoms. The smallest absolute Gasteiger partial charge is 0.260 e. The van der Waals surface area contributed by atoms with E-state index in [1.54, 1.807) is 12.1 Å². The molecule has 0 fully saturated rings. The van der Waals surface area contributed by atoms with Crippen molar-refractivity contribution in [1.82, 2.24) is 10.1 Å². The SMILES string of the molecule is O=C(Nc1ccccc1-c1nc(COc2ccccc2)no1)c1ccccc1I. The van der Waals surface area contributed by atoms with Gasteiger partial charge in [-0.25, -0.2) is 0 Å². The monoisotopic (exact) mass is 497 g/mol. The van der Waals surface area contributed by atoms with E-state index in [4.69, 9.17) is 9.26 Å². The third-order valence-corrected chi connectivity index (χ3v) is 5.04. The van der Waals surface area contributed by atoms with Crippen LogP contribution in [0.1, 0.15) is 16.2 Å². The number of para-hydroxylation sites is 2. The van der Waals surface area contributed by atoms with Crippen LogP contribution < -0.4 is 10.1 Å². The normalized spacial score (nSPS) is 10.5. The summed E-state index contributed by atoms with van der Waals surface area (Å²) in [5, 5.41) is 6.91. The van der Waals surface area contributed by atoms with Crippen LogP contribution in [0.15, 0.2) is 83.4 Å². The van der Waals surface area contributed by atoms with Gasteiger partial charge in [0.05, 0.1) is 16.8 Å². The summed E-state index contributed by atoms with van der Waals surface area (Å²) in [5.41, 5.74) is 1.84. The standard InChI is InChI=1S/C22H16IN3O3/c23-18-12-6-4-10-16(18)21(27)24-19-13-7-5-11-17(19)22-25-20(26-29-22)14-28-15-8-2-1-3-9-15/h1-13H,14H2,(H,24,27). The highest BCUT2D eigenvalue weighted by molar-refractivity contribution is 14.1. The van der Waals surface area contributed by atoms with E-state index in [2.05, 4.69) is 38.0 Å². The van der Waals surface area contributed by atoms with Gasteiger partial charge in [0.25, 0.3) is 11.8 Å². The number of nitrogens with one attached hydrogen (secondary N) is 1. The van der Waals surface area contributed by atoms with Gasteiger partial charge in [0.15, 0.2) is 6.61 Å². The number of halogens is 1. The highest BCUT2D eigenvalue weighted by Gasteiger charge is 2.16. The second-order valence-electron chi connectivity index (χ2n) is 6.10. The Bertz CT molecular complexity index is 1130. The average Bonchev–Trinajstić information content (AvgIpc) is 3.22. The van der Waals surface area contributed by atoms with Gasteiger partial charge in [0.2, 0.25) is 5.82 Å². The van der Waals surface area contributed by atoms with Gasteiger partial charge in [-0.15, -0.1) is 0 Å². The van der Waals surface area contributed by atoms with Gasteiger partial charge in [-0.1, -0.05) is 47.6 Å². The van der Waals surface area contributed by atoms with E-state index in [-0.39, 0.29) is 12.5 Å². The molecule has 0 aliphatic rings. The fourth-order valence-electron chi connectivity index (χ4n) is 2.70. The van der Waals surface area contributed by atoms with E-state index in [1.165, 1.54) is 0 Å². The second-order valence-corrected chi connectivity index (χ2v) is 7.26. The van der Waals surface area contributed by atoms with Crippen LogP contribution in [0.25, 0.3) is 11.5 Å². The van der Waals surface area contributed by atoms with Crippen molar-refractivity contribution in [3.8, 4) is 17.2 Å². The van der Waals surface area contributed by atoms with Crippen LogP contribution in [0, 0.1) is 3.57 Å². The Morgan fingerprint density at radius 1 is 0.966 bits per heavy atom. The molecular formula is C22H16IN3O3. The third-order valence-electron chi connectivity index (χ3n) is 4.10. The maximum atomic E-state index is 12.7. The van der Waals surface area contributed by atoms with E-state index in [1.807, 2.05) is 66.7 Å². The van der Waals surface area contributed by atoms with E-state index in [0.29, 0.717) is 28.5 Å². The van der Waals surface area contributed by atoms with Gasteiger partial charge in [0, 0.05) is 3.57 Å². The van der Waals surface area contributed by atoms with Crippen LogP contribution in [0.4, 0.5) is 5.69 Å². The Balaban J connectivity index is 1.52.